The van der Waals surface area contributed by atoms with E-state index in [0.29, 0.717) is 22.2 Å². The second kappa shape index (κ2) is 6.37. The number of para-hydroxylation sites is 2. The number of anilines is 1. The second-order valence-electron chi connectivity index (χ2n) is 5.06. The highest BCUT2D eigenvalue weighted by atomic mass is 16.4. The van der Waals surface area contributed by atoms with E-state index in [2.05, 4.69) is 10.6 Å². The van der Waals surface area contributed by atoms with Gasteiger partial charge in [0, 0.05) is 12.4 Å². The van der Waals surface area contributed by atoms with E-state index in [-0.39, 0.29) is 11.5 Å². The fourth-order valence-corrected chi connectivity index (χ4v) is 2.33. The number of nitrogens with one attached hydrogen (secondary N) is 2. The first-order valence-electron chi connectivity index (χ1n) is 7.25. The van der Waals surface area contributed by atoms with Gasteiger partial charge in [-0.1, -0.05) is 30.3 Å². The minimum absolute atomic E-state index is 0.125. The first kappa shape index (κ1) is 15.5. The molecule has 0 bridgehead atoms. The van der Waals surface area contributed by atoms with Crippen LogP contribution in [0.4, 0.5) is 5.69 Å². The molecule has 2 aromatic carbocycles. The molecule has 0 radical (unpaired) electrons. The van der Waals surface area contributed by atoms with Gasteiger partial charge in [-0.2, -0.15) is 0 Å². The van der Waals surface area contributed by atoms with Crippen molar-refractivity contribution in [3.63, 3.8) is 0 Å². The van der Waals surface area contributed by atoms with Gasteiger partial charge in [0.15, 0.2) is 0 Å². The Morgan fingerprint density at radius 2 is 1.62 bits per heavy atom. The summed E-state index contributed by atoms with van der Waals surface area (Å²) in [5.74, 6) is -0.970. The Morgan fingerprint density at radius 3 is 2.42 bits per heavy atom. The average Bonchev–Trinajstić information content (AvgIpc) is 2.60. The average molecular weight is 322 g/mol. The Labute approximate surface area is 137 Å². The van der Waals surface area contributed by atoms with Gasteiger partial charge in [-0.3, -0.25) is 9.59 Å². The first-order chi connectivity index (χ1) is 11.6. The Morgan fingerprint density at radius 1 is 0.917 bits per heavy atom. The lowest BCUT2D eigenvalue weighted by atomic mass is 10.1. The summed E-state index contributed by atoms with van der Waals surface area (Å²) in [4.78, 5) is 36.3. The monoisotopic (exact) mass is 322 g/mol. The third-order valence-corrected chi connectivity index (χ3v) is 3.53. The minimum atomic E-state index is -0.733. The summed E-state index contributed by atoms with van der Waals surface area (Å²) in [6.45, 7) is 0. The van der Waals surface area contributed by atoms with Crippen LogP contribution in [0.5, 0.6) is 0 Å². The maximum Gasteiger partial charge on any atom is 0.349 e. The molecule has 2 amide bonds. The van der Waals surface area contributed by atoms with Gasteiger partial charge in [-0.05, 0) is 24.3 Å². The fraction of sp³-hybridized carbons (Fsp3) is 0.0556. The molecule has 0 saturated heterocycles. The molecule has 0 fully saturated rings. The van der Waals surface area contributed by atoms with Crippen molar-refractivity contribution in [2.45, 2.75) is 0 Å². The van der Waals surface area contributed by atoms with Crippen LogP contribution in [0.1, 0.15) is 20.7 Å². The SMILES string of the molecule is CNC(=O)c1ccccc1NC(=O)c1cc2ccccc2oc1=O. The predicted molar refractivity (Wildman–Crippen MR) is 90.3 cm³/mol. The second-order valence-corrected chi connectivity index (χ2v) is 5.06. The van der Waals surface area contributed by atoms with Gasteiger partial charge in [-0.15, -0.1) is 0 Å². The highest BCUT2D eigenvalue weighted by Gasteiger charge is 2.17. The number of carbonyl (C=O) groups is 2. The Hall–Kier alpha value is -3.41. The van der Waals surface area contributed by atoms with E-state index < -0.39 is 11.5 Å². The molecule has 3 rings (SSSR count). The van der Waals surface area contributed by atoms with E-state index >= 15 is 0 Å². The zero-order valence-corrected chi connectivity index (χ0v) is 12.8. The van der Waals surface area contributed by atoms with Crippen LogP contribution in [0.15, 0.2) is 63.8 Å². The molecule has 0 saturated carbocycles. The molecule has 0 aliphatic carbocycles. The van der Waals surface area contributed by atoms with Gasteiger partial charge < -0.3 is 15.1 Å². The maximum atomic E-state index is 12.4. The standard InChI is InChI=1S/C18H14N2O4/c1-19-16(21)12-7-3-4-8-14(12)20-17(22)13-10-11-6-2-5-9-15(11)24-18(13)23/h2-10H,1H3,(H,19,21)(H,20,22). The molecule has 0 unspecified atom stereocenters. The van der Waals surface area contributed by atoms with Crippen LogP contribution >= 0.6 is 0 Å². The third-order valence-electron chi connectivity index (χ3n) is 3.53. The molecule has 0 aliphatic heterocycles. The van der Waals surface area contributed by atoms with Gasteiger partial charge in [0.1, 0.15) is 11.1 Å². The van der Waals surface area contributed by atoms with Crippen molar-refractivity contribution in [3.8, 4) is 0 Å². The van der Waals surface area contributed by atoms with Crippen molar-refractivity contribution in [1.29, 1.82) is 0 Å². The topological polar surface area (TPSA) is 88.4 Å². The number of carbonyl (C=O) groups excluding carboxylic acids is 2. The molecule has 1 aromatic heterocycles. The van der Waals surface area contributed by atoms with Crippen molar-refractivity contribution in [1.82, 2.24) is 5.32 Å². The van der Waals surface area contributed by atoms with Crippen LogP contribution in [0.2, 0.25) is 0 Å². The van der Waals surface area contributed by atoms with Crippen molar-refractivity contribution in [2.75, 3.05) is 12.4 Å². The lowest BCUT2D eigenvalue weighted by molar-refractivity contribution is 0.0964. The highest BCUT2D eigenvalue weighted by molar-refractivity contribution is 6.09. The van der Waals surface area contributed by atoms with Crippen LogP contribution < -0.4 is 16.3 Å². The zero-order valence-electron chi connectivity index (χ0n) is 12.8. The van der Waals surface area contributed by atoms with Gasteiger partial charge in [0.05, 0.1) is 11.3 Å². The number of benzene rings is 2. The third kappa shape index (κ3) is 2.89. The number of amides is 2. The lowest BCUT2D eigenvalue weighted by Gasteiger charge is -2.09. The van der Waals surface area contributed by atoms with Crippen molar-refractivity contribution in [3.05, 3.63) is 76.1 Å². The summed E-state index contributed by atoms with van der Waals surface area (Å²) >= 11 is 0. The first-order valence-corrected chi connectivity index (χ1v) is 7.25. The van der Waals surface area contributed by atoms with E-state index in [1.807, 2.05) is 0 Å². The molecule has 0 atom stereocenters. The molecule has 0 spiro atoms. The molecule has 6 heteroatoms. The molecule has 3 aromatic rings. The van der Waals surface area contributed by atoms with Gasteiger partial charge in [-0.25, -0.2) is 4.79 Å². The van der Waals surface area contributed by atoms with Crippen LogP contribution in [0.3, 0.4) is 0 Å². The molecule has 6 nitrogen and oxygen atoms in total. The van der Waals surface area contributed by atoms with Crippen molar-refractivity contribution >= 4 is 28.5 Å². The number of hydrogen-bond acceptors (Lipinski definition) is 4. The largest absolute Gasteiger partial charge is 0.422 e. The molecule has 0 aliphatic rings. The fourth-order valence-electron chi connectivity index (χ4n) is 2.33. The van der Waals surface area contributed by atoms with Gasteiger partial charge >= 0.3 is 5.63 Å². The Bertz CT molecular complexity index is 991. The smallest absolute Gasteiger partial charge is 0.349 e. The Balaban J connectivity index is 1.98. The molecular formula is C18H14N2O4. The Kier molecular flexibility index (Phi) is 4.11. The number of fused-ring (bicyclic) bond motifs is 1. The van der Waals surface area contributed by atoms with Crippen molar-refractivity contribution in [2.24, 2.45) is 0 Å². The van der Waals surface area contributed by atoms with Crippen LogP contribution in [-0.2, 0) is 0 Å². The molecule has 24 heavy (non-hydrogen) atoms. The lowest BCUT2D eigenvalue weighted by Crippen LogP contribution is -2.24. The minimum Gasteiger partial charge on any atom is -0.422 e. The summed E-state index contributed by atoms with van der Waals surface area (Å²) in [7, 11) is 1.50. The molecular weight excluding hydrogens is 308 g/mol. The van der Waals surface area contributed by atoms with E-state index in [1.165, 1.54) is 13.1 Å². The van der Waals surface area contributed by atoms with E-state index in [9.17, 15) is 14.4 Å². The molecule has 2 N–H and O–H groups in total. The maximum absolute atomic E-state index is 12.4. The quantitative estimate of drug-likeness (QED) is 0.725. The van der Waals surface area contributed by atoms with Gasteiger partial charge in [0.25, 0.3) is 11.8 Å². The van der Waals surface area contributed by atoms with Crippen molar-refractivity contribution < 1.29 is 14.0 Å². The van der Waals surface area contributed by atoms with Gasteiger partial charge in [0.2, 0.25) is 0 Å². The van der Waals surface area contributed by atoms with Crippen LogP contribution in [-0.4, -0.2) is 18.9 Å². The predicted octanol–water partition coefficient (Wildman–Crippen LogP) is 2.40. The zero-order chi connectivity index (χ0) is 17.1. The summed E-state index contributed by atoms with van der Waals surface area (Å²) in [6.07, 6.45) is 0. The summed E-state index contributed by atoms with van der Waals surface area (Å²) < 4.78 is 5.15. The molecule has 1 heterocycles. The normalized spacial score (nSPS) is 10.4. The van der Waals surface area contributed by atoms with Crippen LogP contribution in [0, 0.1) is 0 Å². The molecule has 120 valence electrons. The number of rotatable bonds is 3. The van der Waals surface area contributed by atoms with Crippen LogP contribution in [0.25, 0.3) is 11.0 Å². The highest BCUT2D eigenvalue weighted by Crippen LogP contribution is 2.17. The van der Waals surface area contributed by atoms with E-state index in [1.54, 1.807) is 48.5 Å². The van der Waals surface area contributed by atoms with E-state index in [4.69, 9.17) is 4.42 Å². The van der Waals surface area contributed by atoms with E-state index in [0.717, 1.165) is 0 Å². The summed E-state index contributed by atoms with van der Waals surface area (Å²) in [6, 6.07) is 14.9. The summed E-state index contributed by atoms with van der Waals surface area (Å²) in [5, 5.41) is 5.73. The number of hydrogen-bond donors (Lipinski definition) is 2. The summed E-state index contributed by atoms with van der Waals surface area (Å²) in [5.41, 5.74) is 0.168.